The number of hydrogen-bond acceptors (Lipinski definition) is 4. The Morgan fingerprint density at radius 2 is 0.881 bits per heavy atom. The lowest BCUT2D eigenvalue weighted by Gasteiger charge is -2.38. The van der Waals surface area contributed by atoms with E-state index in [-0.39, 0.29) is 26.7 Å². The Kier molecular flexibility index (Phi) is 7.88. The van der Waals surface area contributed by atoms with E-state index >= 15 is 0 Å². The largest absolute Gasteiger partial charge is 0.508 e. The molecule has 0 radical (unpaired) electrons. The van der Waals surface area contributed by atoms with Crippen LogP contribution in [-0.4, -0.2) is 25.9 Å². The quantitative estimate of drug-likeness (QED) is 0.223. The summed E-state index contributed by atoms with van der Waals surface area (Å²) in [6, 6.07) is 17.7. The van der Waals surface area contributed by atoms with Crippen molar-refractivity contribution >= 4 is 9.84 Å². The number of halogens is 6. The molecule has 0 aliphatic heterocycles. The summed E-state index contributed by atoms with van der Waals surface area (Å²) >= 11 is 0. The summed E-state index contributed by atoms with van der Waals surface area (Å²) in [6.45, 7) is 6.00. The summed E-state index contributed by atoms with van der Waals surface area (Å²) in [7, 11) is -3.85. The lowest BCUT2D eigenvalue weighted by Crippen LogP contribution is -2.54. The van der Waals surface area contributed by atoms with Crippen LogP contribution < -0.4 is 4.74 Å². The molecule has 0 heterocycles. The maximum absolute atomic E-state index is 14.3. The Bertz CT molecular complexity index is 1620. The number of phenolic OH excluding ortho intramolecular Hbond substituents is 1. The first kappa shape index (κ1) is 31.0. The van der Waals surface area contributed by atoms with Gasteiger partial charge in [-0.1, -0.05) is 57.2 Å². The standard InChI is InChI=1S/C31H26F6O4S/c1-28(2,3)20-8-16-26(17-9-20)42(39,40)27-18-14-25(15-19-27)41-24-12-6-22(7-13-24)29(30(32,33)34,31(35,36)37)21-4-10-23(38)11-5-21/h4-19,38H,1-3H3. The summed E-state index contributed by atoms with van der Waals surface area (Å²) in [5.74, 6) is -0.449. The van der Waals surface area contributed by atoms with Gasteiger partial charge < -0.3 is 9.84 Å². The molecule has 0 amide bonds. The van der Waals surface area contributed by atoms with E-state index in [2.05, 4.69) is 0 Å². The molecular weight excluding hydrogens is 582 g/mol. The molecule has 4 aromatic carbocycles. The molecule has 4 aromatic rings. The van der Waals surface area contributed by atoms with Crippen molar-refractivity contribution in [2.75, 3.05) is 0 Å². The van der Waals surface area contributed by atoms with E-state index in [1.807, 2.05) is 20.8 Å². The van der Waals surface area contributed by atoms with Gasteiger partial charge in [-0.3, -0.25) is 0 Å². The highest BCUT2D eigenvalue weighted by Gasteiger charge is 2.72. The summed E-state index contributed by atoms with van der Waals surface area (Å²) < 4.78 is 117. The van der Waals surface area contributed by atoms with Gasteiger partial charge in [-0.2, -0.15) is 26.3 Å². The van der Waals surface area contributed by atoms with Crippen molar-refractivity contribution in [1.29, 1.82) is 0 Å². The number of alkyl halides is 6. The molecule has 11 heteroatoms. The van der Waals surface area contributed by atoms with Gasteiger partial charge in [0.25, 0.3) is 0 Å². The molecule has 42 heavy (non-hydrogen) atoms. The molecule has 1 N–H and O–H groups in total. The molecule has 0 aliphatic carbocycles. The SMILES string of the molecule is CC(C)(C)c1ccc(S(=O)(=O)c2ccc(Oc3ccc(C(c4ccc(O)cc4)(C(F)(F)F)C(F)(F)F)cc3)cc2)cc1. The third-order valence-electron chi connectivity index (χ3n) is 6.84. The number of sulfone groups is 1. The Hall–Kier alpha value is -3.99. The maximum atomic E-state index is 14.3. The maximum Gasteiger partial charge on any atom is 0.411 e. The van der Waals surface area contributed by atoms with Crippen LogP contribution in [-0.2, 0) is 20.7 Å². The highest BCUT2D eigenvalue weighted by atomic mass is 32.2. The van der Waals surface area contributed by atoms with Crippen molar-refractivity contribution in [2.45, 2.75) is 53.7 Å². The van der Waals surface area contributed by atoms with Crippen LogP contribution in [0.25, 0.3) is 0 Å². The predicted molar refractivity (Wildman–Crippen MR) is 145 cm³/mol. The molecule has 0 atom stereocenters. The normalized spacial score (nSPS) is 13.2. The van der Waals surface area contributed by atoms with Gasteiger partial charge >= 0.3 is 12.4 Å². The van der Waals surface area contributed by atoms with Crippen molar-refractivity contribution in [3.63, 3.8) is 0 Å². The fourth-order valence-corrected chi connectivity index (χ4v) is 5.82. The Morgan fingerprint density at radius 1 is 0.548 bits per heavy atom. The van der Waals surface area contributed by atoms with Crippen LogP contribution in [0, 0.1) is 0 Å². The lowest BCUT2D eigenvalue weighted by molar-refractivity contribution is -0.288. The van der Waals surface area contributed by atoms with E-state index in [4.69, 9.17) is 4.74 Å². The Morgan fingerprint density at radius 3 is 1.26 bits per heavy atom. The summed E-state index contributed by atoms with van der Waals surface area (Å²) in [5.41, 5.74) is -5.78. The van der Waals surface area contributed by atoms with Crippen molar-refractivity contribution in [1.82, 2.24) is 0 Å². The van der Waals surface area contributed by atoms with Crippen molar-refractivity contribution in [3.05, 3.63) is 114 Å². The van der Waals surface area contributed by atoms with Crippen LogP contribution in [0.2, 0.25) is 0 Å². The third-order valence-corrected chi connectivity index (χ3v) is 8.62. The smallest absolute Gasteiger partial charge is 0.411 e. The molecule has 4 nitrogen and oxygen atoms in total. The minimum atomic E-state index is -5.78. The van der Waals surface area contributed by atoms with Crippen LogP contribution in [0.1, 0.15) is 37.5 Å². The molecular formula is C31H26F6O4S. The first-order chi connectivity index (χ1) is 19.4. The highest BCUT2D eigenvalue weighted by molar-refractivity contribution is 7.91. The average Bonchev–Trinajstić information content (AvgIpc) is 2.89. The van der Waals surface area contributed by atoms with Crippen molar-refractivity contribution in [3.8, 4) is 17.2 Å². The molecule has 0 bridgehead atoms. The van der Waals surface area contributed by atoms with Gasteiger partial charge in [0.2, 0.25) is 15.3 Å². The molecule has 0 spiro atoms. The first-order valence-corrected chi connectivity index (χ1v) is 14.0. The van der Waals surface area contributed by atoms with Crippen LogP contribution in [0.5, 0.6) is 17.2 Å². The number of ether oxygens (including phenoxy) is 1. The molecule has 4 rings (SSSR count). The van der Waals surface area contributed by atoms with Gasteiger partial charge in [-0.15, -0.1) is 0 Å². The zero-order valence-electron chi connectivity index (χ0n) is 22.6. The van der Waals surface area contributed by atoms with E-state index in [1.165, 1.54) is 36.4 Å². The zero-order valence-corrected chi connectivity index (χ0v) is 23.4. The van der Waals surface area contributed by atoms with Gasteiger partial charge in [0, 0.05) is 0 Å². The first-order valence-electron chi connectivity index (χ1n) is 12.5. The number of phenols is 1. The van der Waals surface area contributed by atoms with Crippen LogP contribution in [0.15, 0.2) is 107 Å². The van der Waals surface area contributed by atoms with E-state index < -0.39 is 44.5 Å². The van der Waals surface area contributed by atoms with E-state index in [9.17, 15) is 39.9 Å². The summed E-state index contributed by atoms with van der Waals surface area (Å²) in [5, 5.41) is 9.42. The van der Waals surface area contributed by atoms with Gasteiger partial charge in [0.15, 0.2) is 0 Å². The molecule has 0 saturated heterocycles. The van der Waals surface area contributed by atoms with Gasteiger partial charge in [-0.05, 0) is 82.8 Å². The zero-order chi connectivity index (χ0) is 31.1. The number of hydrogen-bond donors (Lipinski definition) is 1. The van der Waals surface area contributed by atoms with Gasteiger partial charge in [0.05, 0.1) is 9.79 Å². The molecule has 0 fully saturated rings. The lowest BCUT2D eigenvalue weighted by atomic mass is 9.73. The second kappa shape index (κ2) is 10.7. The van der Waals surface area contributed by atoms with Crippen molar-refractivity contribution < 1.29 is 44.6 Å². The Labute approximate surface area is 239 Å². The third kappa shape index (κ3) is 5.70. The molecule has 0 unspecified atom stereocenters. The molecule has 0 aromatic heterocycles. The second-order valence-corrected chi connectivity index (χ2v) is 12.6. The van der Waals surface area contributed by atoms with E-state index in [0.29, 0.717) is 24.3 Å². The Balaban J connectivity index is 1.61. The minimum absolute atomic E-state index is 0.0252. The molecule has 0 saturated carbocycles. The summed E-state index contributed by atoms with van der Waals surface area (Å²) in [6.07, 6.45) is -11.6. The van der Waals surface area contributed by atoms with E-state index in [0.717, 1.165) is 29.8 Å². The van der Waals surface area contributed by atoms with Crippen LogP contribution in [0.4, 0.5) is 26.3 Å². The molecule has 222 valence electrons. The minimum Gasteiger partial charge on any atom is -0.508 e. The topological polar surface area (TPSA) is 63.6 Å². The van der Waals surface area contributed by atoms with Crippen LogP contribution in [0.3, 0.4) is 0 Å². The van der Waals surface area contributed by atoms with Gasteiger partial charge in [0.1, 0.15) is 17.2 Å². The van der Waals surface area contributed by atoms with E-state index in [1.54, 1.807) is 12.1 Å². The fourth-order valence-electron chi connectivity index (χ4n) is 4.56. The predicted octanol–water partition coefficient (Wildman–Crippen LogP) is 8.73. The number of benzene rings is 4. The van der Waals surface area contributed by atoms with Gasteiger partial charge in [-0.25, -0.2) is 8.42 Å². The monoisotopic (exact) mass is 608 g/mol. The summed E-state index contributed by atoms with van der Waals surface area (Å²) in [4.78, 5) is 0.0638. The average molecular weight is 609 g/mol. The molecule has 0 aliphatic rings. The van der Waals surface area contributed by atoms with Crippen molar-refractivity contribution in [2.24, 2.45) is 0 Å². The number of rotatable bonds is 6. The number of aromatic hydroxyl groups is 1. The fraction of sp³-hybridized carbons (Fsp3) is 0.226. The highest BCUT2D eigenvalue weighted by Crippen LogP contribution is 2.56. The van der Waals surface area contributed by atoms with Crippen LogP contribution >= 0.6 is 0 Å². The second-order valence-electron chi connectivity index (χ2n) is 10.7.